The van der Waals surface area contributed by atoms with Gasteiger partial charge < -0.3 is 5.32 Å². The summed E-state index contributed by atoms with van der Waals surface area (Å²) < 4.78 is 14.0. The number of nitrogens with one attached hydrogen (secondary N) is 1. The molecular weight excluding hydrogens is 315 g/mol. The molecule has 3 aromatic carbocycles. The second-order valence-corrected chi connectivity index (χ2v) is 5.64. The molecule has 25 heavy (non-hydrogen) atoms. The Morgan fingerprint density at radius 2 is 1.68 bits per heavy atom. The number of hydrogen-bond acceptors (Lipinski definition) is 2. The topological polar surface area (TPSA) is 52.9 Å². The van der Waals surface area contributed by atoms with Crippen LogP contribution in [0.25, 0.3) is 11.1 Å². The summed E-state index contributed by atoms with van der Waals surface area (Å²) in [6.07, 6.45) is 0. The largest absolute Gasteiger partial charge is 0.319 e. The van der Waals surface area contributed by atoms with Gasteiger partial charge in [-0.2, -0.15) is 5.26 Å². The van der Waals surface area contributed by atoms with Crippen molar-refractivity contribution >= 4 is 11.6 Å². The van der Waals surface area contributed by atoms with Crippen molar-refractivity contribution in [3.05, 3.63) is 89.2 Å². The summed E-state index contributed by atoms with van der Waals surface area (Å²) in [6.45, 7) is 1.78. The molecule has 0 aliphatic rings. The number of aryl methyl sites for hydroxylation is 1. The minimum Gasteiger partial charge on any atom is -0.319 e. The van der Waals surface area contributed by atoms with Crippen LogP contribution in [0.5, 0.6) is 0 Å². The minimum atomic E-state index is -0.483. The number of carbonyl (C=O) groups excluding carboxylic acids is 1. The average molecular weight is 330 g/mol. The van der Waals surface area contributed by atoms with Gasteiger partial charge in [-0.05, 0) is 42.3 Å². The zero-order valence-electron chi connectivity index (χ0n) is 13.6. The lowest BCUT2D eigenvalue weighted by atomic mass is 9.95. The lowest BCUT2D eigenvalue weighted by molar-refractivity contribution is 0.102. The van der Waals surface area contributed by atoms with Gasteiger partial charge in [-0.25, -0.2) is 4.39 Å². The van der Waals surface area contributed by atoms with Crippen LogP contribution in [0.4, 0.5) is 10.1 Å². The van der Waals surface area contributed by atoms with Gasteiger partial charge in [-0.3, -0.25) is 4.79 Å². The molecular formula is C21H15FN2O. The Kier molecular flexibility index (Phi) is 4.58. The van der Waals surface area contributed by atoms with Crippen molar-refractivity contribution in [1.29, 1.82) is 5.26 Å². The number of hydrogen-bond donors (Lipinski definition) is 1. The van der Waals surface area contributed by atoms with Crippen molar-refractivity contribution < 1.29 is 9.18 Å². The van der Waals surface area contributed by atoms with Crippen molar-refractivity contribution in [1.82, 2.24) is 0 Å². The van der Waals surface area contributed by atoms with E-state index in [0.717, 1.165) is 5.56 Å². The third kappa shape index (κ3) is 3.41. The molecule has 0 spiro atoms. The summed E-state index contributed by atoms with van der Waals surface area (Å²) in [5.74, 6) is -0.908. The lowest BCUT2D eigenvalue weighted by Gasteiger charge is -2.12. The highest BCUT2D eigenvalue weighted by atomic mass is 19.1. The highest BCUT2D eigenvalue weighted by molar-refractivity contribution is 6.09. The number of amides is 1. The summed E-state index contributed by atoms with van der Waals surface area (Å²) in [5, 5.41) is 11.9. The first kappa shape index (κ1) is 16.4. The van der Waals surface area contributed by atoms with E-state index in [1.165, 1.54) is 12.1 Å². The van der Waals surface area contributed by atoms with Crippen LogP contribution in [0.15, 0.2) is 66.7 Å². The maximum absolute atomic E-state index is 14.0. The van der Waals surface area contributed by atoms with Crippen LogP contribution in [0, 0.1) is 24.1 Å². The van der Waals surface area contributed by atoms with Gasteiger partial charge in [0.15, 0.2) is 0 Å². The van der Waals surface area contributed by atoms with E-state index in [9.17, 15) is 14.4 Å². The van der Waals surface area contributed by atoms with Crippen LogP contribution in [-0.2, 0) is 0 Å². The second-order valence-electron chi connectivity index (χ2n) is 5.64. The van der Waals surface area contributed by atoms with E-state index in [-0.39, 0.29) is 5.69 Å². The predicted octanol–water partition coefficient (Wildman–Crippen LogP) is 4.93. The standard InChI is InChI=1S/C21H15FN2O/c1-14-10-11-20(19(22)12-14)24-21(25)18-9-5-4-8-17(18)16-7-3-2-6-15(16)13-23/h2-12H,1H3,(H,24,25). The van der Waals surface area contributed by atoms with Gasteiger partial charge in [0.05, 0.1) is 17.3 Å². The Morgan fingerprint density at radius 3 is 2.40 bits per heavy atom. The molecule has 0 atom stereocenters. The molecule has 0 aromatic heterocycles. The van der Waals surface area contributed by atoms with E-state index >= 15 is 0 Å². The SMILES string of the molecule is Cc1ccc(NC(=O)c2ccccc2-c2ccccc2C#N)c(F)c1. The summed E-state index contributed by atoms with van der Waals surface area (Å²) in [7, 11) is 0. The minimum absolute atomic E-state index is 0.124. The van der Waals surface area contributed by atoms with Gasteiger partial charge in [0.25, 0.3) is 5.91 Å². The Hall–Kier alpha value is -3.45. The second kappa shape index (κ2) is 6.98. The van der Waals surface area contributed by atoms with Crippen molar-refractivity contribution in [3.63, 3.8) is 0 Å². The van der Waals surface area contributed by atoms with E-state index in [1.807, 2.05) is 6.07 Å². The Bertz CT molecular complexity index is 989. The van der Waals surface area contributed by atoms with E-state index < -0.39 is 11.7 Å². The van der Waals surface area contributed by atoms with Crippen LogP contribution >= 0.6 is 0 Å². The zero-order chi connectivity index (χ0) is 17.8. The van der Waals surface area contributed by atoms with Gasteiger partial charge in [0.1, 0.15) is 5.82 Å². The summed E-state index contributed by atoms with van der Waals surface area (Å²) in [6, 6.07) is 20.8. The van der Waals surface area contributed by atoms with E-state index in [0.29, 0.717) is 22.3 Å². The summed E-state index contributed by atoms with van der Waals surface area (Å²) in [4.78, 5) is 12.7. The molecule has 0 unspecified atom stereocenters. The highest BCUT2D eigenvalue weighted by Gasteiger charge is 2.16. The zero-order valence-corrected chi connectivity index (χ0v) is 13.6. The fourth-order valence-electron chi connectivity index (χ4n) is 2.64. The molecule has 0 aliphatic heterocycles. The highest BCUT2D eigenvalue weighted by Crippen LogP contribution is 2.27. The molecule has 3 rings (SSSR count). The lowest BCUT2D eigenvalue weighted by Crippen LogP contribution is -2.14. The molecule has 0 saturated carbocycles. The summed E-state index contributed by atoms with van der Waals surface area (Å²) >= 11 is 0. The molecule has 4 heteroatoms. The van der Waals surface area contributed by atoms with E-state index in [2.05, 4.69) is 11.4 Å². The third-order valence-corrected chi connectivity index (χ3v) is 3.88. The molecule has 0 fully saturated rings. The first-order valence-corrected chi connectivity index (χ1v) is 7.76. The number of benzene rings is 3. The molecule has 0 aliphatic carbocycles. The molecule has 3 aromatic rings. The van der Waals surface area contributed by atoms with Crippen molar-refractivity contribution in [2.24, 2.45) is 0 Å². The molecule has 3 nitrogen and oxygen atoms in total. The number of halogens is 1. The molecule has 0 heterocycles. The Balaban J connectivity index is 2.01. The first-order valence-electron chi connectivity index (χ1n) is 7.76. The fraction of sp³-hybridized carbons (Fsp3) is 0.0476. The number of rotatable bonds is 3. The molecule has 0 radical (unpaired) electrons. The van der Waals surface area contributed by atoms with Crippen molar-refractivity contribution in [2.45, 2.75) is 6.92 Å². The van der Waals surface area contributed by atoms with Gasteiger partial charge >= 0.3 is 0 Å². The number of anilines is 1. The van der Waals surface area contributed by atoms with E-state index in [4.69, 9.17) is 0 Å². The van der Waals surface area contributed by atoms with Crippen LogP contribution in [0.1, 0.15) is 21.5 Å². The maximum atomic E-state index is 14.0. The Morgan fingerprint density at radius 1 is 1.00 bits per heavy atom. The van der Waals surface area contributed by atoms with Gasteiger partial charge in [0.2, 0.25) is 0 Å². The quantitative estimate of drug-likeness (QED) is 0.740. The normalized spacial score (nSPS) is 10.1. The van der Waals surface area contributed by atoms with Crippen LogP contribution < -0.4 is 5.32 Å². The van der Waals surface area contributed by atoms with Crippen LogP contribution in [0.3, 0.4) is 0 Å². The van der Waals surface area contributed by atoms with Crippen molar-refractivity contribution in [3.8, 4) is 17.2 Å². The molecule has 122 valence electrons. The number of carbonyl (C=O) groups is 1. The Labute approximate surface area is 145 Å². The van der Waals surface area contributed by atoms with Crippen molar-refractivity contribution in [2.75, 3.05) is 5.32 Å². The molecule has 0 bridgehead atoms. The van der Waals surface area contributed by atoms with Gasteiger partial charge in [-0.15, -0.1) is 0 Å². The first-order chi connectivity index (χ1) is 12.1. The number of nitrogens with zero attached hydrogens (tertiary/aromatic N) is 1. The predicted molar refractivity (Wildman–Crippen MR) is 95.7 cm³/mol. The maximum Gasteiger partial charge on any atom is 0.256 e. The van der Waals surface area contributed by atoms with E-state index in [1.54, 1.807) is 55.5 Å². The average Bonchev–Trinajstić information content (AvgIpc) is 2.64. The molecule has 1 amide bonds. The van der Waals surface area contributed by atoms with Crippen LogP contribution in [-0.4, -0.2) is 5.91 Å². The number of nitriles is 1. The summed E-state index contributed by atoms with van der Waals surface area (Å²) in [5.41, 5.74) is 3.05. The van der Waals surface area contributed by atoms with Crippen LogP contribution in [0.2, 0.25) is 0 Å². The third-order valence-electron chi connectivity index (χ3n) is 3.88. The monoisotopic (exact) mass is 330 g/mol. The fourth-order valence-corrected chi connectivity index (χ4v) is 2.64. The van der Waals surface area contributed by atoms with Gasteiger partial charge in [-0.1, -0.05) is 42.5 Å². The molecule has 0 saturated heterocycles. The van der Waals surface area contributed by atoms with Gasteiger partial charge in [0, 0.05) is 11.1 Å². The molecule has 1 N–H and O–H groups in total. The smallest absolute Gasteiger partial charge is 0.256 e.